The van der Waals surface area contributed by atoms with E-state index in [1.54, 1.807) is 19.4 Å². The van der Waals surface area contributed by atoms with E-state index in [0.717, 1.165) is 29.0 Å². The molecule has 142 valence electrons. The van der Waals surface area contributed by atoms with Crippen LogP contribution in [-0.2, 0) is 17.8 Å². The molecule has 1 heterocycles. The molecule has 0 spiro atoms. The van der Waals surface area contributed by atoms with Gasteiger partial charge in [0.1, 0.15) is 18.1 Å². The fourth-order valence-corrected chi connectivity index (χ4v) is 2.99. The minimum Gasteiger partial charge on any atom is -0.487 e. The van der Waals surface area contributed by atoms with Gasteiger partial charge in [-0.25, -0.2) is 4.98 Å². The fourth-order valence-electron chi connectivity index (χ4n) is 2.99. The molecule has 0 aliphatic rings. The highest BCUT2D eigenvalue weighted by Gasteiger charge is 2.06. The number of imidazole rings is 1. The summed E-state index contributed by atoms with van der Waals surface area (Å²) in [5.74, 6) is 7.77. The number of carbonyl (C=O) groups excluding carboxylic acids is 1. The first-order valence-corrected chi connectivity index (χ1v) is 9.39. The van der Waals surface area contributed by atoms with Crippen LogP contribution in [0.2, 0.25) is 0 Å². The molecule has 3 aromatic rings. The Hall–Kier alpha value is -3.32. The first-order chi connectivity index (χ1) is 13.6. The van der Waals surface area contributed by atoms with Crippen molar-refractivity contribution < 1.29 is 9.53 Å². The van der Waals surface area contributed by atoms with E-state index in [4.69, 9.17) is 4.74 Å². The molecule has 0 saturated carbocycles. The number of carbonyl (C=O) groups is 1. The number of hydrogen-bond donors (Lipinski definition) is 1. The molecular weight excluding hydrogens is 348 g/mol. The average molecular weight is 372 g/mol. The summed E-state index contributed by atoms with van der Waals surface area (Å²) in [6.07, 6.45) is 4.92. The summed E-state index contributed by atoms with van der Waals surface area (Å²) >= 11 is 0. The largest absolute Gasteiger partial charge is 0.487 e. The molecule has 2 aromatic carbocycles. The minimum absolute atomic E-state index is 0.243. The average Bonchev–Trinajstić information content (AvgIpc) is 3.20. The number of aromatic amines is 1. The lowest BCUT2D eigenvalue weighted by atomic mass is 9.96. The maximum Gasteiger partial charge on any atom is 0.130 e. The van der Waals surface area contributed by atoms with E-state index in [2.05, 4.69) is 40.9 Å². The van der Waals surface area contributed by atoms with Crippen LogP contribution in [0.25, 0.3) is 0 Å². The van der Waals surface area contributed by atoms with Crippen LogP contribution in [0.3, 0.4) is 0 Å². The maximum absolute atomic E-state index is 11.2. The predicted octanol–water partition coefficient (Wildman–Crippen LogP) is 4.55. The topological polar surface area (TPSA) is 55.0 Å². The predicted molar refractivity (Wildman–Crippen MR) is 110 cm³/mol. The molecule has 1 atom stereocenters. The van der Waals surface area contributed by atoms with Gasteiger partial charge in [-0.2, -0.15) is 0 Å². The number of ketones is 1. The summed E-state index contributed by atoms with van der Waals surface area (Å²) in [6.45, 7) is 4.22. The van der Waals surface area contributed by atoms with Gasteiger partial charge in [-0.1, -0.05) is 30.9 Å². The van der Waals surface area contributed by atoms with Crippen molar-refractivity contribution in [3.8, 4) is 17.6 Å². The second-order valence-electron chi connectivity index (χ2n) is 7.05. The third kappa shape index (κ3) is 6.14. The molecule has 0 bridgehead atoms. The molecule has 3 rings (SSSR count). The summed E-state index contributed by atoms with van der Waals surface area (Å²) in [4.78, 5) is 18.2. The maximum atomic E-state index is 11.2. The zero-order valence-corrected chi connectivity index (χ0v) is 16.2. The quantitative estimate of drug-likeness (QED) is 0.619. The zero-order valence-electron chi connectivity index (χ0n) is 16.2. The molecular formula is C24H24N2O2. The van der Waals surface area contributed by atoms with Crippen molar-refractivity contribution in [2.75, 3.05) is 0 Å². The van der Waals surface area contributed by atoms with Crippen molar-refractivity contribution in [1.29, 1.82) is 0 Å². The summed E-state index contributed by atoms with van der Waals surface area (Å²) in [5.41, 5.74) is 4.08. The van der Waals surface area contributed by atoms with Crippen molar-refractivity contribution in [1.82, 2.24) is 9.97 Å². The van der Waals surface area contributed by atoms with Gasteiger partial charge < -0.3 is 14.5 Å². The first-order valence-electron chi connectivity index (χ1n) is 9.39. The number of Topliss-reactive ketones (excluding diaryl/α,β-unsaturated/α-hetero) is 1. The molecule has 0 amide bonds. The molecule has 4 nitrogen and oxygen atoms in total. The number of nitrogens with zero attached hydrogens (tertiary/aromatic N) is 1. The van der Waals surface area contributed by atoms with Gasteiger partial charge in [-0.3, -0.25) is 0 Å². The Balaban J connectivity index is 1.54. The van der Waals surface area contributed by atoms with E-state index < -0.39 is 0 Å². The molecule has 0 aliphatic heterocycles. The zero-order chi connectivity index (χ0) is 19.8. The Morgan fingerprint density at radius 3 is 2.29 bits per heavy atom. The second-order valence-corrected chi connectivity index (χ2v) is 7.05. The van der Waals surface area contributed by atoms with Gasteiger partial charge in [0.05, 0.1) is 18.2 Å². The molecule has 4 heteroatoms. The van der Waals surface area contributed by atoms with Gasteiger partial charge in [-0.15, -0.1) is 0 Å². The van der Waals surface area contributed by atoms with Crippen molar-refractivity contribution in [2.24, 2.45) is 5.92 Å². The van der Waals surface area contributed by atoms with Crippen LogP contribution >= 0.6 is 0 Å². The number of ether oxygens (including phenoxy) is 1. The fraction of sp³-hybridized carbons (Fsp3) is 0.250. The van der Waals surface area contributed by atoms with Gasteiger partial charge in [0, 0.05) is 17.5 Å². The number of hydrogen-bond acceptors (Lipinski definition) is 3. The Morgan fingerprint density at radius 2 is 1.71 bits per heavy atom. The lowest BCUT2D eigenvalue weighted by Crippen LogP contribution is -2.04. The third-order valence-electron chi connectivity index (χ3n) is 4.33. The first kappa shape index (κ1) is 19.4. The van der Waals surface area contributed by atoms with Gasteiger partial charge >= 0.3 is 0 Å². The molecule has 0 aliphatic carbocycles. The van der Waals surface area contributed by atoms with Crippen LogP contribution in [-0.4, -0.2) is 15.8 Å². The van der Waals surface area contributed by atoms with Crippen LogP contribution in [0.15, 0.2) is 61.1 Å². The van der Waals surface area contributed by atoms with E-state index in [1.807, 2.05) is 36.4 Å². The molecule has 1 N–H and O–H groups in total. The number of aromatic nitrogens is 2. The summed E-state index contributed by atoms with van der Waals surface area (Å²) < 4.78 is 5.70. The van der Waals surface area contributed by atoms with Crippen LogP contribution in [0.5, 0.6) is 5.75 Å². The Bertz CT molecular complexity index is 947. The number of H-pyrrole nitrogens is 1. The summed E-state index contributed by atoms with van der Waals surface area (Å²) in [6, 6.07) is 16.0. The van der Waals surface area contributed by atoms with Gasteiger partial charge in [0.15, 0.2) is 0 Å². The summed E-state index contributed by atoms with van der Waals surface area (Å²) in [7, 11) is 0. The van der Waals surface area contributed by atoms with Crippen LogP contribution in [0.1, 0.15) is 42.7 Å². The SMILES string of the molecule is CC(=O)CC(C)Cc1ccc(C#Cc2ccc(OCc3cnc[nH]3)cc2)cc1. The lowest BCUT2D eigenvalue weighted by molar-refractivity contribution is -0.117. The van der Waals surface area contributed by atoms with Crippen molar-refractivity contribution in [3.63, 3.8) is 0 Å². The highest BCUT2D eigenvalue weighted by molar-refractivity contribution is 5.75. The normalized spacial score (nSPS) is 11.4. The minimum atomic E-state index is 0.243. The van der Waals surface area contributed by atoms with E-state index in [1.165, 1.54) is 5.56 Å². The standard InChI is InChI=1S/C24H24N2O2/c1-18(13-19(2)27)14-22-7-5-20(6-8-22)3-4-21-9-11-24(12-10-21)28-16-23-15-25-17-26-23/h5-12,15,17-18H,13-14,16H2,1-2H3,(H,25,26). The Morgan fingerprint density at radius 1 is 1.07 bits per heavy atom. The van der Waals surface area contributed by atoms with Gasteiger partial charge in [-0.05, 0) is 61.2 Å². The molecule has 1 unspecified atom stereocenters. The van der Waals surface area contributed by atoms with Gasteiger partial charge in [0.2, 0.25) is 0 Å². The van der Waals surface area contributed by atoms with Crippen LogP contribution in [0, 0.1) is 17.8 Å². The summed E-state index contributed by atoms with van der Waals surface area (Å²) in [5, 5.41) is 0. The number of benzene rings is 2. The van der Waals surface area contributed by atoms with Crippen LogP contribution in [0.4, 0.5) is 0 Å². The lowest BCUT2D eigenvalue weighted by Gasteiger charge is -2.09. The highest BCUT2D eigenvalue weighted by Crippen LogP contribution is 2.15. The van der Waals surface area contributed by atoms with E-state index in [-0.39, 0.29) is 5.78 Å². The molecule has 1 aromatic heterocycles. The smallest absolute Gasteiger partial charge is 0.130 e. The number of nitrogens with one attached hydrogen (secondary N) is 1. The second kappa shape index (κ2) is 9.57. The molecule has 0 fully saturated rings. The van der Waals surface area contributed by atoms with Crippen LogP contribution < -0.4 is 4.74 Å². The highest BCUT2D eigenvalue weighted by atomic mass is 16.5. The molecule has 28 heavy (non-hydrogen) atoms. The Kier molecular flexibility index (Phi) is 6.64. The molecule has 0 saturated heterocycles. The van der Waals surface area contributed by atoms with Crippen molar-refractivity contribution in [2.45, 2.75) is 33.3 Å². The van der Waals surface area contributed by atoms with E-state index in [9.17, 15) is 4.79 Å². The van der Waals surface area contributed by atoms with Crippen molar-refractivity contribution >= 4 is 5.78 Å². The van der Waals surface area contributed by atoms with Crippen molar-refractivity contribution in [3.05, 3.63) is 83.4 Å². The van der Waals surface area contributed by atoms with E-state index in [0.29, 0.717) is 18.9 Å². The third-order valence-corrected chi connectivity index (χ3v) is 4.33. The number of rotatable bonds is 7. The monoisotopic (exact) mass is 372 g/mol. The molecule has 0 radical (unpaired) electrons. The van der Waals surface area contributed by atoms with E-state index >= 15 is 0 Å². The Labute approximate surface area is 166 Å². The van der Waals surface area contributed by atoms with Gasteiger partial charge in [0.25, 0.3) is 0 Å².